The maximum absolute atomic E-state index is 13.1. The largest absolute Gasteiger partial charge is 0.369 e. The van der Waals surface area contributed by atoms with E-state index in [1.807, 2.05) is 24.4 Å². The number of hydrogen-bond acceptors (Lipinski definition) is 9. The molecule has 2 N–H and O–H groups in total. The summed E-state index contributed by atoms with van der Waals surface area (Å²) < 4.78 is 2.15. The molecule has 3 aliphatic heterocycles. The number of nitrogens with zero attached hydrogens (tertiary/aromatic N) is 8. The van der Waals surface area contributed by atoms with Gasteiger partial charge in [-0.05, 0) is 93.2 Å². The SMILES string of the molecule is CN(C)C(=O)c1cc2cnc(Nc3ccc(N4CCN(C5CCN(CCc6cccc(N7CCC(=O)NC7=O)c6)CC5)CC4)cc3)nc2n1C1CCCC1. The number of urea groups is 1. The summed E-state index contributed by atoms with van der Waals surface area (Å²) in [5.74, 6) is 0.322. The number of piperazine rings is 1. The first-order chi connectivity index (χ1) is 26.3. The van der Waals surface area contributed by atoms with Gasteiger partial charge in [0.25, 0.3) is 5.91 Å². The molecule has 2 aromatic heterocycles. The quantitative estimate of drug-likeness (QED) is 0.225. The predicted molar refractivity (Wildman–Crippen MR) is 212 cm³/mol. The Bertz CT molecular complexity index is 1970. The van der Waals surface area contributed by atoms with E-state index in [9.17, 15) is 14.4 Å². The van der Waals surface area contributed by atoms with E-state index in [2.05, 4.69) is 71.3 Å². The number of likely N-dealkylation sites (tertiary alicyclic amines) is 1. The van der Waals surface area contributed by atoms with Crippen LogP contribution in [0.3, 0.4) is 0 Å². The first-order valence-corrected chi connectivity index (χ1v) is 19.7. The standard InChI is InChI=1S/C41H52N10O3/c1-46(2)39(53)36-27-30-28-42-40(45-38(30)51(36)34-7-3-4-8-34)43-31-10-12-32(13-11-31)48-22-24-49(25-23-48)33-15-19-47(20-16-33)18-14-29-6-5-9-35(26-29)50-21-17-37(52)44-41(50)54/h5-6,9-13,26-28,33-34H,3-4,7-8,14-25H2,1-2H3,(H,42,43,45)(H,44,52,54). The number of benzene rings is 2. The molecule has 0 radical (unpaired) electrons. The topological polar surface area (TPSA) is 122 Å². The summed E-state index contributed by atoms with van der Waals surface area (Å²) in [6, 6.07) is 19.2. The molecule has 4 aromatic rings. The zero-order valence-electron chi connectivity index (χ0n) is 31.5. The molecular formula is C41H52N10O3. The highest BCUT2D eigenvalue weighted by Crippen LogP contribution is 2.35. The molecule has 4 fully saturated rings. The van der Waals surface area contributed by atoms with E-state index in [1.165, 1.54) is 36.9 Å². The van der Waals surface area contributed by atoms with Gasteiger partial charge in [0.1, 0.15) is 11.3 Å². The lowest BCUT2D eigenvalue weighted by Crippen LogP contribution is -2.53. The Morgan fingerprint density at radius 2 is 1.63 bits per heavy atom. The Balaban J connectivity index is 0.809. The van der Waals surface area contributed by atoms with Gasteiger partial charge in [-0.1, -0.05) is 25.0 Å². The second-order valence-corrected chi connectivity index (χ2v) is 15.5. The van der Waals surface area contributed by atoms with Crippen molar-refractivity contribution < 1.29 is 14.4 Å². The van der Waals surface area contributed by atoms with Gasteiger partial charge in [0.05, 0.1) is 0 Å². The third-order valence-corrected chi connectivity index (χ3v) is 11.8. The fourth-order valence-corrected chi connectivity index (χ4v) is 8.71. The lowest BCUT2D eigenvalue weighted by Gasteiger charge is -2.43. The van der Waals surface area contributed by atoms with Gasteiger partial charge < -0.3 is 24.6 Å². The Morgan fingerprint density at radius 1 is 0.870 bits per heavy atom. The van der Waals surface area contributed by atoms with E-state index in [-0.39, 0.29) is 23.9 Å². The number of fused-ring (bicyclic) bond motifs is 1. The van der Waals surface area contributed by atoms with E-state index < -0.39 is 0 Å². The zero-order valence-corrected chi connectivity index (χ0v) is 31.5. The average Bonchev–Trinajstić information content (AvgIpc) is 3.86. The van der Waals surface area contributed by atoms with Crippen molar-refractivity contribution in [3.05, 3.63) is 72.1 Å². The van der Waals surface area contributed by atoms with Crippen LogP contribution in [0.15, 0.2) is 60.8 Å². The lowest BCUT2D eigenvalue weighted by molar-refractivity contribution is -0.120. The minimum Gasteiger partial charge on any atom is -0.369 e. The highest BCUT2D eigenvalue weighted by Gasteiger charge is 2.29. The highest BCUT2D eigenvalue weighted by molar-refractivity contribution is 6.05. The van der Waals surface area contributed by atoms with Crippen LogP contribution in [0.1, 0.15) is 67.0 Å². The molecule has 0 atom stereocenters. The number of amides is 4. The number of carbonyl (C=O) groups excluding carboxylic acids is 3. The second-order valence-electron chi connectivity index (χ2n) is 15.5. The minimum atomic E-state index is -0.335. The van der Waals surface area contributed by atoms with Crippen molar-refractivity contribution in [2.75, 3.05) is 81.6 Å². The van der Waals surface area contributed by atoms with Crippen LogP contribution in [0.4, 0.5) is 27.8 Å². The fraction of sp³-hybridized carbons (Fsp3) is 0.488. The van der Waals surface area contributed by atoms with E-state index in [4.69, 9.17) is 4.98 Å². The molecule has 2 aromatic carbocycles. The second kappa shape index (κ2) is 15.8. The van der Waals surface area contributed by atoms with Crippen molar-refractivity contribution in [3.63, 3.8) is 0 Å². The molecule has 0 bridgehead atoms. The summed E-state index contributed by atoms with van der Waals surface area (Å²) in [6.07, 6.45) is 9.95. The number of imide groups is 1. The number of nitrogens with one attached hydrogen (secondary N) is 2. The van der Waals surface area contributed by atoms with Gasteiger partial charge in [-0.25, -0.2) is 9.78 Å². The molecule has 13 nitrogen and oxygen atoms in total. The third-order valence-electron chi connectivity index (χ3n) is 11.8. The maximum Gasteiger partial charge on any atom is 0.328 e. The molecule has 1 aliphatic carbocycles. The van der Waals surface area contributed by atoms with Crippen molar-refractivity contribution >= 4 is 51.9 Å². The molecule has 8 rings (SSSR count). The van der Waals surface area contributed by atoms with Gasteiger partial charge in [0.2, 0.25) is 11.9 Å². The van der Waals surface area contributed by atoms with Crippen LogP contribution in [-0.4, -0.2) is 120 Å². The van der Waals surface area contributed by atoms with Gasteiger partial charge in [0.15, 0.2) is 0 Å². The minimum absolute atomic E-state index is 0.00433. The van der Waals surface area contributed by atoms with Crippen LogP contribution < -0.4 is 20.4 Å². The maximum atomic E-state index is 13.1. The molecule has 4 aliphatic rings. The molecule has 1 saturated carbocycles. The molecule has 284 valence electrons. The molecule has 13 heteroatoms. The van der Waals surface area contributed by atoms with Gasteiger partial charge in [-0.3, -0.25) is 24.7 Å². The zero-order chi connectivity index (χ0) is 37.2. The Labute approximate surface area is 317 Å². The van der Waals surface area contributed by atoms with Crippen LogP contribution in [0.5, 0.6) is 0 Å². The van der Waals surface area contributed by atoms with Crippen molar-refractivity contribution in [1.29, 1.82) is 0 Å². The molecular weight excluding hydrogens is 681 g/mol. The van der Waals surface area contributed by atoms with Crippen LogP contribution in [0, 0.1) is 0 Å². The van der Waals surface area contributed by atoms with Crippen molar-refractivity contribution in [2.24, 2.45) is 0 Å². The summed E-state index contributed by atoms with van der Waals surface area (Å²) in [6.45, 7) is 7.81. The fourth-order valence-electron chi connectivity index (χ4n) is 8.71. The predicted octanol–water partition coefficient (Wildman–Crippen LogP) is 5.27. The van der Waals surface area contributed by atoms with Gasteiger partial charge >= 0.3 is 6.03 Å². The van der Waals surface area contributed by atoms with Crippen molar-refractivity contribution in [1.82, 2.24) is 34.6 Å². The smallest absolute Gasteiger partial charge is 0.328 e. The highest BCUT2D eigenvalue weighted by atomic mass is 16.2. The monoisotopic (exact) mass is 732 g/mol. The number of piperidine rings is 1. The summed E-state index contributed by atoms with van der Waals surface area (Å²) in [5.41, 5.74) is 5.74. The number of rotatable bonds is 10. The van der Waals surface area contributed by atoms with Crippen molar-refractivity contribution in [3.8, 4) is 0 Å². The van der Waals surface area contributed by atoms with Crippen LogP contribution in [0.2, 0.25) is 0 Å². The Morgan fingerprint density at radius 3 is 2.35 bits per heavy atom. The first-order valence-electron chi connectivity index (χ1n) is 19.7. The van der Waals surface area contributed by atoms with Gasteiger partial charge in [0, 0.05) is 101 Å². The van der Waals surface area contributed by atoms with E-state index in [1.54, 1.807) is 23.9 Å². The summed E-state index contributed by atoms with van der Waals surface area (Å²) in [4.78, 5) is 57.5. The normalized spacial score (nSPS) is 19.4. The lowest BCUT2D eigenvalue weighted by atomic mass is 10.0. The number of anilines is 4. The molecule has 5 heterocycles. The molecule has 54 heavy (non-hydrogen) atoms. The summed E-state index contributed by atoms with van der Waals surface area (Å²) in [5, 5.41) is 6.72. The van der Waals surface area contributed by atoms with E-state index in [0.717, 1.165) is 87.5 Å². The van der Waals surface area contributed by atoms with Crippen LogP contribution in [0.25, 0.3) is 11.0 Å². The Kier molecular flexibility index (Phi) is 10.5. The molecule has 3 saturated heterocycles. The van der Waals surface area contributed by atoms with Crippen LogP contribution in [-0.2, 0) is 11.2 Å². The number of aromatic nitrogens is 3. The van der Waals surface area contributed by atoms with Crippen molar-refractivity contribution in [2.45, 2.75) is 63.5 Å². The van der Waals surface area contributed by atoms with Gasteiger partial charge in [-0.2, -0.15) is 4.98 Å². The van der Waals surface area contributed by atoms with E-state index >= 15 is 0 Å². The average molecular weight is 733 g/mol. The Hall–Kier alpha value is -5.01. The molecule has 4 amide bonds. The summed E-state index contributed by atoms with van der Waals surface area (Å²) in [7, 11) is 3.59. The molecule has 0 spiro atoms. The molecule has 0 unspecified atom stereocenters. The van der Waals surface area contributed by atoms with Crippen LogP contribution >= 0.6 is 0 Å². The third kappa shape index (κ3) is 7.78. The number of hydrogen-bond donors (Lipinski definition) is 2. The number of carbonyl (C=O) groups is 3. The van der Waals surface area contributed by atoms with Gasteiger partial charge in [-0.15, -0.1) is 0 Å². The summed E-state index contributed by atoms with van der Waals surface area (Å²) >= 11 is 0. The van der Waals surface area contributed by atoms with E-state index in [0.29, 0.717) is 30.6 Å². The first kappa shape index (κ1) is 36.0.